The number of piperidine rings is 1. The number of phenolic OH excluding ortho intramolecular Hbond substituents is 1. The van der Waals surface area contributed by atoms with Crippen molar-refractivity contribution in [2.45, 2.75) is 52.9 Å². The third-order valence-corrected chi connectivity index (χ3v) is 7.62. The van der Waals surface area contributed by atoms with E-state index in [2.05, 4.69) is 29.0 Å². The molecule has 1 amide bonds. The molecule has 1 aliphatic carbocycles. The van der Waals surface area contributed by atoms with Crippen LogP contribution in [0.3, 0.4) is 0 Å². The van der Waals surface area contributed by atoms with Crippen molar-refractivity contribution < 1.29 is 9.90 Å². The van der Waals surface area contributed by atoms with Gasteiger partial charge in [-0.15, -0.1) is 0 Å². The Kier molecular flexibility index (Phi) is 7.01. The van der Waals surface area contributed by atoms with E-state index in [0.29, 0.717) is 5.82 Å². The summed E-state index contributed by atoms with van der Waals surface area (Å²) >= 11 is 0. The molecular formula is C29H36N4O2. The van der Waals surface area contributed by atoms with E-state index in [4.69, 9.17) is 5.73 Å². The summed E-state index contributed by atoms with van der Waals surface area (Å²) in [6.07, 6.45) is 12.7. The number of hydrogen-bond acceptors (Lipinski definition) is 4. The van der Waals surface area contributed by atoms with E-state index in [9.17, 15) is 9.90 Å². The molecule has 1 fully saturated rings. The van der Waals surface area contributed by atoms with Crippen molar-refractivity contribution in [3.8, 4) is 16.9 Å². The number of carbonyl (C=O) groups excluding carboxylic acids is 1. The van der Waals surface area contributed by atoms with E-state index in [1.165, 1.54) is 17.2 Å². The molecule has 35 heavy (non-hydrogen) atoms. The number of nitrogen functional groups attached to an aromatic ring is 1. The van der Waals surface area contributed by atoms with Crippen molar-refractivity contribution >= 4 is 22.8 Å². The molecule has 3 aromatic rings. The highest BCUT2D eigenvalue weighted by Gasteiger charge is 2.37. The number of benzene rings is 1. The first-order valence-corrected chi connectivity index (χ1v) is 12.6. The van der Waals surface area contributed by atoms with Crippen LogP contribution in [0, 0.1) is 12.3 Å². The van der Waals surface area contributed by atoms with Gasteiger partial charge in [0, 0.05) is 42.3 Å². The Morgan fingerprint density at radius 3 is 2.43 bits per heavy atom. The van der Waals surface area contributed by atoms with Crippen molar-refractivity contribution in [2.24, 2.45) is 5.41 Å². The van der Waals surface area contributed by atoms with Crippen LogP contribution in [0.5, 0.6) is 5.75 Å². The Balaban J connectivity index is 0.00000141. The number of aryl methyl sites for hydroxylation is 1. The van der Waals surface area contributed by atoms with E-state index in [1.807, 2.05) is 37.1 Å². The highest BCUT2D eigenvalue weighted by atomic mass is 16.3. The first-order valence-electron chi connectivity index (χ1n) is 12.6. The Morgan fingerprint density at radius 1 is 1.14 bits per heavy atom. The molecule has 1 spiro atoms. The second-order valence-electron chi connectivity index (χ2n) is 9.38. The van der Waals surface area contributed by atoms with Crippen LogP contribution in [-0.2, 0) is 4.79 Å². The summed E-state index contributed by atoms with van der Waals surface area (Å²) in [5, 5.41) is 9.82. The van der Waals surface area contributed by atoms with Gasteiger partial charge in [0.15, 0.2) is 0 Å². The van der Waals surface area contributed by atoms with Crippen molar-refractivity contribution in [2.75, 3.05) is 18.8 Å². The fourth-order valence-corrected chi connectivity index (χ4v) is 5.64. The number of hydrogen-bond donors (Lipinski definition) is 2. The quantitative estimate of drug-likeness (QED) is 0.459. The van der Waals surface area contributed by atoms with Gasteiger partial charge < -0.3 is 20.1 Å². The van der Waals surface area contributed by atoms with Crippen LogP contribution in [0.1, 0.15) is 57.2 Å². The van der Waals surface area contributed by atoms with Crippen LogP contribution in [0.2, 0.25) is 0 Å². The lowest BCUT2D eigenvalue weighted by atomic mass is 9.68. The van der Waals surface area contributed by atoms with Crippen LogP contribution in [0.15, 0.2) is 55.4 Å². The third-order valence-electron chi connectivity index (χ3n) is 7.62. The maximum Gasteiger partial charge on any atom is 0.245 e. The molecule has 2 aromatic heterocycles. The molecule has 0 atom stereocenters. The molecule has 5 rings (SSSR count). The average Bonchev–Trinajstić information content (AvgIpc) is 3.20. The monoisotopic (exact) mass is 472 g/mol. The highest BCUT2D eigenvalue weighted by Crippen LogP contribution is 2.49. The number of amides is 1. The number of rotatable bonds is 3. The van der Waals surface area contributed by atoms with Crippen LogP contribution in [0.4, 0.5) is 5.82 Å². The Hall–Kier alpha value is -3.54. The SMILES string of the molecule is C=CC(=O)N1CCC2(CC=C(c3c(-c4ccc(O)cc4)c4c(N)nccn4c3C)CC2)CC1.CC. The van der Waals surface area contributed by atoms with Gasteiger partial charge in [0.25, 0.3) is 0 Å². The fourth-order valence-electron chi connectivity index (χ4n) is 5.64. The van der Waals surface area contributed by atoms with E-state index < -0.39 is 0 Å². The number of nitrogens with zero attached hydrogens (tertiary/aromatic N) is 3. The lowest BCUT2D eigenvalue weighted by molar-refractivity contribution is -0.128. The van der Waals surface area contributed by atoms with Gasteiger partial charge in [-0.05, 0) is 73.8 Å². The highest BCUT2D eigenvalue weighted by molar-refractivity contribution is 5.97. The number of allylic oxidation sites excluding steroid dienone is 2. The zero-order valence-corrected chi connectivity index (χ0v) is 21.1. The summed E-state index contributed by atoms with van der Waals surface area (Å²) in [7, 11) is 0. The minimum atomic E-state index is 0.0396. The van der Waals surface area contributed by atoms with Gasteiger partial charge in [-0.25, -0.2) is 4.98 Å². The lowest BCUT2D eigenvalue weighted by Crippen LogP contribution is -2.43. The summed E-state index contributed by atoms with van der Waals surface area (Å²) in [6.45, 7) is 11.4. The number of fused-ring (bicyclic) bond motifs is 1. The van der Waals surface area contributed by atoms with E-state index in [0.717, 1.165) is 67.5 Å². The van der Waals surface area contributed by atoms with Crippen LogP contribution < -0.4 is 5.73 Å². The molecule has 3 N–H and O–H groups in total. The van der Waals surface area contributed by atoms with Gasteiger partial charge in [-0.3, -0.25) is 4.79 Å². The predicted octanol–water partition coefficient (Wildman–Crippen LogP) is 5.99. The van der Waals surface area contributed by atoms with E-state index in [1.54, 1.807) is 18.3 Å². The average molecular weight is 473 g/mol. The van der Waals surface area contributed by atoms with Gasteiger partial charge >= 0.3 is 0 Å². The first kappa shape index (κ1) is 24.6. The number of aromatic hydroxyl groups is 1. The fraction of sp³-hybridized carbons (Fsp3) is 0.379. The standard InChI is InChI=1S/C27H30N4O2.C2H6/c1-3-22(33)30-15-12-27(13-16-30)10-8-20(9-11-27)23-18(2)31-17-14-29-26(28)25(31)24(23)19-4-6-21(32)7-5-19;1-2/h3-8,14,17,32H,1,9-13,15-16H2,2H3,(H2,28,29);1-2H3. The van der Waals surface area contributed by atoms with E-state index in [-0.39, 0.29) is 17.1 Å². The minimum absolute atomic E-state index is 0.0396. The Morgan fingerprint density at radius 2 is 1.83 bits per heavy atom. The maximum absolute atomic E-state index is 12.0. The molecular weight excluding hydrogens is 436 g/mol. The summed E-state index contributed by atoms with van der Waals surface area (Å²) in [6, 6.07) is 7.31. The Labute approximate surface area is 207 Å². The summed E-state index contributed by atoms with van der Waals surface area (Å²) in [5.74, 6) is 0.784. The maximum atomic E-state index is 12.0. The number of anilines is 1. The van der Waals surface area contributed by atoms with Crippen molar-refractivity contribution in [3.05, 3.63) is 66.6 Å². The largest absolute Gasteiger partial charge is 0.508 e. The number of carbonyl (C=O) groups is 1. The van der Waals surface area contributed by atoms with E-state index >= 15 is 0 Å². The van der Waals surface area contributed by atoms with Crippen LogP contribution in [-0.4, -0.2) is 38.4 Å². The summed E-state index contributed by atoms with van der Waals surface area (Å²) < 4.78 is 2.13. The molecule has 1 aromatic carbocycles. The van der Waals surface area contributed by atoms with Gasteiger partial charge in [0.2, 0.25) is 5.91 Å². The smallest absolute Gasteiger partial charge is 0.245 e. The second kappa shape index (κ2) is 9.98. The second-order valence-corrected chi connectivity index (χ2v) is 9.38. The molecule has 6 nitrogen and oxygen atoms in total. The molecule has 184 valence electrons. The molecule has 0 bridgehead atoms. The zero-order chi connectivity index (χ0) is 25.2. The number of phenols is 1. The molecule has 1 saturated heterocycles. The molecule has 0 saturated carbocycles. The number of aromatic nitrogens is 2. The number of likely N-dealkylation sites (tertiary alicyclic amines) is 1. The predicted molar refractivity (Wildman–Crippen MR) is 143 cm³/mol. The van der Waals surface area contributed by atoms with Gasteiger partial charge in [0.05, 0.1) is 5.52 Å². The van der Waals surface area contributed by atoms with Gasteiger partial charge in [-0.2, -0.15) is 0 Å². The molecule has 6 heteroatoms. The molecule has 1 aliphatic heterocycles. The van der Waals surface area contributed by atoms with Crippen LogP contribution >= 0.6 is 0 Å². The van der Waals surface area contributed by atoms with Gasteiger partial charge in [-0.1, -0.05) is 38.6 Å². The molecule has 3 heterocycles. The Bertz CT molecular complexity index is 1260. The summed E-state index contributed by atoms with van der Waals surface area (Å²) in [4.78, 5) is 18.3. The van der Waals surface area contributed by atoms with Crippen molar-refractivity contribution in [3.63, 3.8) is 0 Å². The zero-order valence-electron chi connectivity index (χ0n) is 21.1. The molecule has 0 radical (unpaired) electrons. The number of nitrogens with two attached hydrogens (primary N) is 1. The van der Waals surface area contributed by atoms with Gasteiger partial charge in [0.1, 0.15) is 11.6 Å². The first-order chi connectivity index (χ1) is 16.9. The lowest BCUT2D eigenvalue weighted by Gasteiger charge is -2.43. The topological polar surface area (TPSA) is 83.9 Å². The van der Waals surface area contributed by atoms with Crippen LogP contribution in [0.25, 0.3) is 22.2 Å². The third kappa shape index (κ3) is 4.45. The molecule has 0 unspecified atom stereocenters. The van der Waals surface area contributed by atoms with Crippen molar-refractivity contribution in [1.82, 2.24) is 14.3 Å². The normalized spacial score (nSPS) is 17.0. The summed E-state index contributed by atoms with van der Waals surface area (Å²) in [5.41, 5.74) is 13.3. The van der Waals surface area contributed by atoms with Crippen molar-refractivity contribution in [1.29, 1.82) is 0 Å². The minimum Gasteiger partial charge on any atom is -0.508 e. The molecule has 2 aliphatic rings.